The zero-order valence-corrected chi connectivity index (χ0v) is 19.0. The number of amides is 2. The topological polar surface area (TPSA) is 82.5 Å². The number of aliphatic hydroxyl groups is 1. The molecular formula is C24H31N3O3S. The fraction of sp³-hybridized carbons (Fsp3) is 0.542. The zero-order chi connectivity index (χ0) is 22.0. The van der Waals surface area contributed by atoms with E-state index in [1.807, 2.05) is 43.6 Å². The van der Waals surface area contributed by atoms with Crippen LogP contribution in [0.25, 0.3) is 10.4 Å². The number of likely N-dealkylation sites (tertiary alicyclic amines) is 1. The Morgan fingerprint density at radius 1 is 1.26 bits per heavy atom. The number of carbonyl (C=O) groups excluding carboxylic acids is 2. The predicted molar refractivity (Wildman–Crippen MR) is 121 cm³/mol. The second kappa shape index (κ2) is 9.49. The molecule has 1 saturated carbocycles. The Morgan fingerprint density at radius 2 is 1.97 bits per heavy atom. The molecule has 4 rings (SSSR count). The largest absolute Gasteiger partial charge is 0.391 e. The van der Waals surface area contributed by atoms with Crippen molar-refractivity contribution in [2.45, 2.75) is 64.6 Å². The van der Waals surface area contributed by atoms with Crippen LogP contribution >= 0.6 is 11.3 Å². The molecule has 2 fully saturated rings. The number of carbonyl (C=O) groups is 2. The van der Waals surface area contributed by atoms with Crippen LogP contribution in [0.1, 0.15) is 50.3 Å². The molecule has 6 nitrogen and oxygen atoms in total. The first kappa shape index (κ1) is 22.0. The molecule has 3 unspecified atom stereocenters. The van der Waals surface area contributed by atoms with Gasteiger partial charge in [0.1, 0.15) is 6.04 Å². The minimum Gasteiger partial charge on any atom is -0.391 e. The number of hydrogen-bond acceptors (Lipinski definition) is 5. The normalized spacial score (nSPS) is 22.6. The maximum atomic E-state index is 13.1. The number of aryl methyl sites for hydroxylation is 1. The lowest BCUT2D eigenvalue weighted by Gasteiger charge is -2.29. The Labute approximate surface area is 187 Å². The van der Waals surface area contributed by atoms with Gasteiger partial charge in [-0.05, 0) is 36.8 Å². The molecule has 2 aromatic rings. The molecule has 166 valence electrons. The van der Waals surface area contributed by atoms with Crippen molar-refractivity contribution in [3.63, 3.8) is 0 Å². The summed E-state index contributed by atoms with van der Waals surface area (Å²) in [6.07, 6.45) is 4.18. The molecule has 2 heterocycles. The molecule has 7 heteroatoms. The minimum atomic E-state index is -0.641. The molecule has 0 spiro atoms. The molecule has 1 aromatic carbocycles. The van der Waals surface area contributed by atoms with Crippen LogP contribution in [0.5, 0.6) is 0 Å². The average molecular weight is 442 g/mol. The van der Waals surface area contributed by atoms with Crippen LogP contribution in [0.2, 0.25) is 0 Å². The van der Waals surface area contributed by atoms with E-state index in [1.165, 1.54) is 12.8 Å². The summed E-state index contributed by atoms with van der Waals surface area (Å²) in [5.74, 6) is 0.124. The number of β-amino-alcohol motifs (C(OH)–C–C–N with tert-alkyl or cyclic N) is 1. The molecule has 31 heavy (non-hydrogen) atoms. The summed E-state index contributed by atoms with van der Waals surface area (Å²) in [6, 6.07) is 7.50. The molecule has 0 bridgehead atoms. The third-order valence-corrected chi connectivity index (χ3v) is 7.77. The van der Waals surface area contributed by atoms with Crippen LogP contribution in [0, 0.1) is 18.8 Å². The highest BCUT2D eigenvalue weighted by atomic mass is 32.1. The molecule has 3 atom stereocenters. The van der Waals surface area contributed by atoms with Gasteiger partial charge in [-0.15, -0.1) is 11.3 Å². The molecule has 1 saturated heterocycles. The fourth-order valence-electron chi connectivity index (χ4n) is 4.89. The number of thiazole rings is 1. The van der Waals surface area contributed by atoms with E-state index < -0.39 is 12.1 Å². The first-order valence-electron chi connectivity index (χ1n) is 11.2. The van der Waals surface area contributed by atoms with Gasteiger partial charge in [0, 0.05) is 25.4 Å². The number of aliphatic hydroxyl groups excluding tert-OH is 1. The highest BCUT2D eigenvalue weighted by Gasteiger charge is 2.41. The first-order valence-corrected chi connectivity index (χ1v) is 12.1. The minimum absolute atomic E-state index is 0.00730. The molecule has 0 radical (unpaired) electrons. The van der Waals surface area contributed by atoms with Crippen LogP contribution in [0.3, 0.4) is 0 Å². The standard InChI is InChI=1S/C24H31N3O3S/c1-15(18-5-3-4-6-18)24(30)27-13-20(28)11-21(27)23(29)25-12-17-7-9-19(10-8-17)22-16(2)26-14-31-22/h7-10,14-15,18,20-21,28H,3-6,11-13H2,1-2H3,(H,25,29). The lowest BCUT2D eigenvalue weighted by molar-refractivity contribution is -0.142. The highest BCUT2D eigenvalue weighted by Crippen LogP contribution is 2.33. The predicted octanol–water partition coefficient (Wildman–Crippen LogP) is 3.52. The SMILES string of the molecule is Cc1ncsc1-c1ccc(CNC(=O)C2CC(O)CN2C(=O)C(C)C2CCCC2)cc1. The number of hydrogen-bond donors (Lipinski definition) is 2. The van der Waals surface area contributed by atoms with Gasteiger partial charge in [0.05, 0.1) is 22.2 Å². The van der Waals surface area contributed by atoms with Crippen molar-refractivity contribution in [1.82, 2.24) is 15.2 Å². The Bertz CT molecular complexity index is 920. The fourth-order valence-corrected chi connectivity index (χ4v) is 5.70. The van der Waals surface area contributed by atoms with Crippen molar-refractivity contribution in [2.24, 2.45) is 11.8 Å². The van der Waals surface area contributed by atoms with Gasteiger partial charge in [0.25, 0.3) is 0 Å². The Kier molecular flexibility index (Phi) is 6.72. The summed E-state index contributed by atoms with van der Waals surface area (Å²) in [5.41, 5.74) is 4.97. The summed E-state index contributed by atoms with van der Waals surface area (Å²) < 4.78 is 0. The number of aromatic nitrogens is 1. The summed E-state index contributed by atoms with van der Waals surface area (Å²) >= 11 is 1.62. The van der Waals surface area contributed by atoms with Crippen molar-refractivity contribution in [3.05, 3.63) is 41.0 Å². The molecule has 1 aliphatic carbocycles. The lowest BCUT2D eigenvalue weighted by Crippen LogP contribution is -2.48. The third kappa shape index (κ3) is 4.83. The van der Waals surface area contributed by atoms with Gasteiger partial charge in [-0.1, -0.05) is 44.0 Å². The molecule has 2 amide bonds. The molecule has 1 aliphatic heterocycles. The summed E-state index contributed by atoms with van der Waals surface area (Å²) in [7, 11) is 0. The first-order chi connectivity index (χ1) is 14.9. The number of nitrogens with zero attached hydrogens (tertiary/aromatic N) is 2. The van der Waals surface area contributed by atoms with Crippen molar-refractivity contribution >= 4 is 23.2 Å². The van der Waals surface area contributed by atoms with Crippen molar-refractivity contribution in [1.29, 1.82) is 0 Å². The van der Waals surface area contributed by atoms with Gasteiger partial charge in [-0.2, -0.15) is 0 Å². The van der Waals surface area contributed by atoms with Crippen LogP contribution in [-0.4, -0.2) is 45.5 Å². The summed E-state index contributed by atoms with van der Waals surface area (Å²) in [5, 5.41) is 13.1. The van der Waals surface area contributed by atoms with E-state index in [0.29, 0.717) is 18.9 Å². The van der Waals surface area contributed by atoms with Crippen LogP contribution in [-0.2, 0) is 16.1 Å². The van der Waals surface area contributed by atoms with E-state index in [2.05, 4.69) is 10.3 Å². The maximum Gasteiger partial charge on any atom is 0.243 e. The van der Waals surface area contributed by atoms with Gasteiger partial charge in [0.2, 0.25) is 11.8 Å². The highest BCUT2D eigenvalue weighted by molar-refractivity contribution is 7.13. The van der Waals surface area contributed by atoms with Crippen LogP contribution in [0.15, 0.2) is 29.8 Å². The number of rotatable bonds is 6. The van der Waals surface area contributed by atoms with Gasteiger partial charge in [0.15, 0.2) is 0 Å². The number of nitrogens with one attached hydrogen (secondary N) is 1. The van der Waals surface area contributed by atoms with Crippen molar-refractivity contribution in [3.8, 4) is 10.4 Å². The van der Waals surface area contributed by atoms with Crippen molar-refractivity contribution < 1.29 is 14.7 Å². The van der Waals surface area contributed by atoms with E-state index in [4.69, 9.17) is 0 Å². The van der Waals surface area contributed by atoms with E-state index in [0.717, 1.165) is 34.5 Å². The molecule has 2 aliphatic rings. The maximum absolute atomic E-state index is 13.1. The van der Waals surface area contributed by atoms with E-state index in [-0.39, 0.29) is 24.3 Å². The van der Waals surface area contributed by atoms with Gasteiger partial charge in [-0.3, -0.25) is 9.59 Å². The molecule has 2 N–H and O–H groups in total. The van der Waals surface area contributed by atoms with Crippen molar-refractivity contribution in [2.75, 3.05) is 6.54 Å². The number of benzene rings is 1. The second-order valence-corrected chi connectivity index (χ2v) is 9.77. The second-order valence-electron chi connectivity index (χ2n) is 8.91. The molecular weight excluding hydrogens is 410 g/mol. The monoisotopic (exact) mass is 441 g/mol. The van der Waals surface area contributed by atoms with Gasteiger partial charge < -0.3 is 15.3 Å². The summed E-state index contributed by atoms with van der Waals surface area (Å²) in [4.78, 5) is 33.0. The van der Waals surface area contributed by atoms with Crippen LogP contribution < -0.4 is 5.32 Å². The average Bonchev–Trinajstić information content (AvgIpc) is 3.52. The Hall–Kier alpha value is -2.25. The van der Waals surface area contributed by atoms with E-state index in [1.54, 1.807) is 16.2 Å². The Morgan fingerprint density at radius 3 is 2.61 bits per heavy atom. The van der Waals surface area contributed by atoms with E-state index >= 15 is 0 Å². The third-order valence-electron chi connectivity index (χ3n) is 6.79. The molecule has 1 aromatic heterocycles. The quantitative estimate of drug-likeness (QED) is 0.719. The van der Waals surface area contributed by atoms with E-state index in [9.17, 15) is 14.7 Å². The Balaban J connectivity index is 1.36. The van der Waals surface area contributed by atoms with Gasteiger partial charge in [-0.25, -0.2) is 4.98 Å². The van der Waals surface area contributed by atoms with Gasteiger partial charge >= 0.3 is 0 Å². The zero-order valence-electron chi connectivity index (χ0n) is 18.2. The summed E-state index contributed by atoms with van der Waals surface area (Å²) in [6.45, 7) is 4.62. The lowest BCUT2D eigenvalue weighted by atomic mass is 9.91. The smallest absolute Gasteiger partial charge is 0.243 e. The van der Waals surface area contributed by atoms with Crippen LogP contribution in [0.4, 0.5) is 0 Å².